The molecule has 2 atom stereocenters. The second kappa shape index (κ2) is 8.33. The molecule has 3 rings (SSSR count). The highest BCUT2D eigenvalue weighted by Gasteiger charge is 2.49. The van der Waals surface area contributed by atoms with Crippen LogP contribution in [0.5, 0.6) is 5.75 Å². The number of piperidine rings is 1. The third-order valence-corrected chi connectivity index (χ3v) is 7.26. The van der Waals surface area contributed by atoms with Crippen LogP contribution in [0.4, 0.5) is 4.39 Å². The lowest BCUT2D eigenvalue weighted by Crippen LogP contribution is -2.60. The molecule has 0 aromatic heterocycles. The van der Waals surface area contributed by atoms with Gasteiger partial charge < -0.3 is 14.9 Å². The van der Waals surface area contributed by atoms with Crippen molar-refractivity contribution in [2.75, 3.05) is 6.54 Å². The molecule has 2 N–H and O–H groups in total. The van der Waals surface area contributed by atoms with Gasteiger partial charge in [0.15, 0.2) is 6.04 Å². The molecule has 0 aliphatic carbocycles. The molecule has 1 saturated heterocycles. The molecule has 0 bridgehead atoms. The second-order valence-electron chi connectivity index (χ2n) is 7.60. The number of ether oxygens (including phenoxy) is 1. The van der Waals surface area contributed by atoms with Gasteiger partial charge in [0.25, 0.3) is 0 Å². The van der Waals surface area contributed by atoms with Crippen molar-refractivity contribution in [3.05, 3.63) is 59.4 Å². The van der Waals surface area contributed by atoms with Crippen LogP contribution in [0.2, 0.25) is 0 Å². The number of aliphatic carboxylic acids is 1. The Hall–Kier alpha value is -2.49. The molecular weight excluding hydrogens is 413 g/mol. The average Bonchev–Trinajstić information content (AvgIpc) is 2.68. The Morgan fingerprint density at radius 3 is 2.57 bits per heavy atom. The summed E-state index contributed by atoms with van der Waals surface area (Å²) < 4.78 is 46.1. The molecule has 0 spiro atoms. The molecule has 1 aliphatic rings. The lowest BCUT2D eigenvalue weighted by atomic mass is 9.88. The topological polar surface area (TPSA) is 104 Å². The number of carboxylic acids is 1. The van der Waals surface area contributed by atoms with Crippen molar-refractivity contribution in [2.24, 2.45) is 0 Å². The Kier molecular flexibility index (Phi) is 6.16. The maximum Gasteiger partial charge on any atom is 0.325 e. The predicted octanol–water partition coefficient (Wildman–Crippen LogP) is 2.70. The van der Waals surface area contributed by atoms with Crippen LogP contribution < -0.4 is 4.74 Å². The van der Waals surface area contributed by atoms with E-state index in [9.17, 15) is 27.8 Å². The van der Waals surface area contributed by atoms with E-state index in [0.717, 1.165) is 4.31 Å². The van der Waals surface area contributed by atoms with E-state index < -0.39 is 27.6 Å². The van der Waals surface area contributed by atoms with Gasteiger partial charge in [0.05, 0.1) is 10.5 Å². The summed E-state index contributed by atoms with van der Waals surface area (Å²) in [5.41, 5.74) is -0.511. The van der Waals surface area contributed by atoms with E-state index in [1.54, 1.807) is 19.1 Å². The molecule has 162 valence electrons. The molecule has 0 amide bonds. The van der Waals surface area contributed by atoms with Crippen LogP contribution in [0.1, 0.15) is 30.9 Å². The normalized spacial score (nSPS) is 22.6. The molecular formula is C21H24FNO6S. The molecule has 0 saturated carbocycles. The Balaban J connectivity index is 1.79. The van der Waals surface area contributed by atoms with E-state index >= 15 is 0 Å². The van der Waals surface area contributed by atoms with Crippen LogP contribution in [0.25, 0.3) is 0 Å². The first-order valence-electron chi connectivity index (χ1n) is 9.48. The van der Waals surface area contributed by atoms with Crippen molar-refractivity contribution >= 4 is 16.0 Å². The summed E-state index contributed by atoms with van der Waals surface area (Å²) in [4.78, 5) is 11.6. The fraction of sp³-hybridized carbons (Fsp3) is 0.381. The fourth-order valence-electron chi connectivity index (χ4n) is 3.63. The first kappa shape index (κ1) is 22.2. The maximum atomic E-state index is 13.6. The van der Waals surface area contributed by atoms with E-state index in [-0.39, 0.29) is 30.3 Å². The molecule has 30 heavy (non-hydrogen) atoms. The average molecular weight is 437 g/mol. The molecule has 1 heterocycles. The van der Waals surface area contributed by atoms with Gasteiger partial charge in [-0.1, -0.05) is 12.1 Å². The van der Waals surface area contributed by atoms with Crippen LogP contribution in [-0.4, -0.2) is 47.1 Å². The third-order valence-electron chi connectivity index (χ3n) is 5.38. The van der Waals surface area contributed by atoms with Crippen molar-refractivity contribution in [1.82, 2.24) is 4.31 Å². The van der Waals surface area contributed by atoms with Gasteiger partial charge in [0.1, 0.15) is 18.2 Å². The van der Waals surface area contributed by atoms with Crippen LogP contribution in [0.3, 0.4) is 0 Å². The molecule has 7 nitrogen and oxygen atoms in total. The Bertz CT molecular complexity index is 1040. The number of carboxylic acid groups (broad SMARTS) is 1. The van der Waals surface area contributed by atoms with E-state index in [4.69, 9.17) is 4.74 Å². The zero-order chi connectivity index (χ0) is 22.1. The monoisotopic (exact) mass is 437 g/mol. The quantitative estimate of drug-likeness (QED) is 0.720. The summed E-state index contributed by atoms with van der Waals surface area (Å²) in [5, 5.41) is 19.9. The maximum absolute atomic E-state index is 13.6. The second-order valence-corrected chi connectivity index (χ2v) is 9.49. The lowest BCUT2D eigenvalue weighted by Gasteiger charge is -2.41. The van der Waals surface area contributed by atoms with Gasteiger partial charge >= 0.3 is 5.97 Å². The molecule has 2 aromatic rings. The van der Waals surface area contributed by atoms with Crippen LogP contribution >= 0.6 is 0 Å². The highest BCUT2D eigenvalue weighted by atomic mass is 32.2. The van der Waals surface area contributed by atoms with Crippen LogP contribution in [0, 0.1) is 12.7 Å². The number of carbonyl (C=O) groups is 1. The number of benzene rings is 2. The largest absolute Gasteiger partial charge is 0.489 e. The summed E-state index contributed by atoms with van der Waals surface area (Å²) in [5.74, 6) is -1.34. The van der Waals surface area contributed by atoms with E-state index in [1.165, 1.54) is 37.3 Å². The fourth-order valence-corrected chi connectivity index (χ4v) is 5.34. The summed E-state index contributed by atoms with van der Waals surface area (Å²) in [6, 6.07) is 8.69. The third kappa shape index (κ3) is 4.33. The molecule has 9 heteroatoms. The van der Waals surface area contributed by atoms with Gasteiger partial charge in [-0.15, -0.1) is 0 Å². The predicted molar refractivity (Wildman–Crippen MR) is 107 cm³/mol. The zero-order valence-corrected chi connectivity index (χ0v) is 17.5. The van der Waals surface area contributed by atoms with Gasteiger partial charge in [-0.25, -0.2) is 12.8 Å². The highest BCUT2D eigenvalue weighted by Crippen LogP contribution is 2.32. The zero-order valence-electron chi connectivity index (χ0n) is 16.7. The minimum atomic E-state index is -4.14. The number of hydrogen-bond acceptors (Lipinski definition) is 5. The van der Waals surface area contributed by atoms with E-state index in [1.807, 2.05) is 0 Å². The SMILES string of the molecule is Cc1c(F)cccc1COc1ccc(S(=O)(=O)N2CCCC(C)(O)C2C(=O)O)cc1. The number of aliphatic hydroxyl groups is 1. The lowest BCUT2D eigenvalue weighted by molar-refractivity contribution is -0.153. The van der Waals surface area contributed by atoms with Crippen LogP contribution in [-0.2, 0) is 21.4 Å². The summed E-state index contributed by atoms with van der Waals surface area (Å²) >= 11 is 0. The number of rotatable bonds is 6. The van der Waals surface area contributed by atoms with Crippen molar-refractivity contribution in [2.45, 2.75) is 49.8 Å². The summed E-state index contributed by atoms with van der Waals surface area (Å²) in [7, 11) is -4.14. The molecule has 0 radical (unpaired) electrons. The van der Waals surface area contributed by atoms with Gasteiger partial charge in [-0.3, -0.25) is 4.79 Å². The van der Waals surface area contributed by atoms with Crippen molar-refractivity contribution in [3.63, 3.8) is 0 Å². The van der Waals surface area contributed by atoms with E-state index in [0.29, 0.717) is 23.3 Å². The molecule has 2 aromatic carbocycles. The summed E-state index contributed by atoms with van der Waals surface area (Å²) in [6.07, 6.45) is 0.548. The Labute approximate surface area is 174 Å². The summed E-state index contributed by atoms with van der Waals surface area (Å²) in [6.45, 7) is 3.10. The molecule has 2 unspecified atom stereocenters. The molecule has 1 aliphatic heterocycles. The van der Waals surface area contributed by atoms with Crippen molar-refractivity contribution in [3.8, 4) is 5.75 Å². The van der Waals surface area contributed by atoms with Crippen molar-refractivity contribution < 1.29 is 32.6 Å². The van der Waals surface area contributed by atoms with E-state index in [2.05, 4.69) is 0 Å². The van der Waals surface area contributed by atoms with Gasteiger partial charge in [-0.2, -0.15) is 4.31 Å². The highest BCUT2D eigenvalue weighted by molar-refractivity contribution is 7.89. The number of halogens is 1. The van der Waals surface area contributed by atoms with Gasteiger partial charge in [0, 0.05) is 6.54 Å². The Morgan fingerprint density at radius 1 is 1.27 bits per heavy atom. The molecule has 1 fully saturated rings. The first-order valence-corrected chi connectivity index (χ1v) is 10.9. The number of sulfonamides is 1. The first-order chi connectivity index (χ1) is 14.0. The standard InChI is InChI=1S/C21H24FNO6S/c1-14-15(5-3-6-18(14)22)13-29-16-7-9-17(10-8-16)30(27,28)23-12-4-11-21(2,26)19(23)20(24)25/h3,5-10,19,26H,4,11-13H2,1-2H3,(H,24,25). The van der Waals surface area contributed by atoms with Gasteiger partial charge in [0.2, 0.25) is 10.0 Å². The van der Waals surface area contributed by atoms with Crippen molar-refractivity contribution in [1.29, 1.82) is 0 Å². The van der Waals surface area contributed by atoms with Crippen LogP contribution in [0.15, 0.2) is 47.4 Å². The Morgan fingerprint density at radius 2 is 1.93 bits per heavy atom. The van der Waals surface area contributed by atoms with Gasteiger partial charge in [-0.05, 0) is 68.1 Å². The minimum Gasteiger partial charge on any atom is -0.489 e. The number of nitrogens with zero attached hydrogens (tertiary/aromatic N) is 1. The smallest absolute Gasteiger partial charge is 0.325 e. The number of hydrogen-bond donors (Lipinski definition) is 2. The minimum absolute atomic E-state index is 0.00650.